The number of urea groups is 1. The van der Waals surface area contributed by atoms with E-state index in [1.165, 1.54) is 7.11 Å². The number of aliphatic carboxylic acids is 1. The van der Waals surface area contributed by atoms with Gasteiger partial charge in [0.1, 0.15) is 5.69 Å². The molecule has 1 aromatic rings. The number of hydrogen-bond donors (Lipinski definition) is 4. The largest absolute Gasteiger partial charge is 0.480 e. The molecule has 0 fully saturated rings. The molecule has 0 spiro atoms. The fourth-order valence-corrected chi connectivity index (χ4v) is 1.30. The maximum absolute atomic E-state index is 11.7. The number of aromatic nitrogens is 1. The third-order valence-electron chi connectivity index (χ3n) is 2.48. The van der Waals surface area contributed by atoms with Crippen molar-refractivity contribution in [1.82, 2.24) is 10.3 Å². The van der Waals surface area contributed by atoms with E-state index < -0.39 is 24.1 Å². The van der Waals surface area contributed by atoms with Crippen LogP contribution in [0.25, 0.3) is 0 Å². The first kappa shape index (κ1) is 15.7. The maximum atomic E-state index is 11.7. The predicted molar refractivity (Wildman–Crippen MR) is 70.8 cm³/mol. The number of nitrogens with one attached hydrogen (secondary N) is 2. The van der Waals surface area contributed by atoms with Crippen molar-refractivity contribution in [2.45, 2.75) is 19.4 Å². The van der Waals surface area contributed by atoms with Crippen LogP contribution >= 0.6 is 0 Å². The summed E-state index contributed by atoms with van der Waals surface area (Å²) < 4.78 is 4.99. The average Bonchev–Trinajstić information content (AvgIpc) is 2.36. The van der Waals surface area contributed by atoms with Gasteiger partial charge in [0.25, 0.3) is 0 Å². The minimum atomic E-state index is -2.04. The minimum Gasteiger partial charge on any atom is -0.480 e. The molecule has 0 aliphatic rings. The van der Waals surface area contributed by atoms with Crippen molar-refractivity contribution in [3.05, 3.63) is 17.8 Å². The topological polar surface area (TPSA) is 121 Å². The van der Waals surface area contributed by atoms with Gasteiger partial charge >= 0.3 is 12.0 Å². The molecule has 1 unspecified atom stereocenters. The highest BCUT2D eigenvalue weighted by Gasteiger charge is 2.30. The Kier molecular flexibility index (Phi) is 4.87. The first-order chi connectivity index (χ1) is 9.26. The maximum Gasteiger partial charge on any atom is 0.337 e. The summed E-state index contributed by atoms with van der Waals surface area (Å²) in [6.45, 7) is 2.45. The van der Waals surface area contributed by atoms with Crippen molar-refractivity contribution in [2.24, 2.45) is 0 Å². The van der Waals surface area contributed by atoms with Crippen molar-refractivity contribution in [2.75, 3.05) is 19.0 Å². The van der Waals surface area contributed by atoms with Crippen LogP contribution in [0.2, 0.25) is 0 Å². The van der Waals surface area contributed by atoms with Gasteiger partial charge in [-0.2, -0.15) is 0 Å². The second kappa shape index (κ2) is 6.20. The van der Waals surface area contributed by atoms with Crippen molar-refractivity contribution in [1.29, 1.82) is 0 Å². The summed E-state index contributed by atoms with van der Waals surface area (Å²) in [5.41, 5.74) is -0.870. The highest BCUT2D eigenvalue weighted by Crippen LogP contribution is 2.21. The van der Waals surface area contributed by atoms with Crippen LogP contribution in [-0.4, -0.2) is 46.5 Å². The molecule has 1 aromatic heterocycles. The summed E-state index contributed by atoms with van der Waals surface area (Å²) in [7, 11) is 1.41. The molecule has 110 valence electrons. The quantitative estimate of drug-likeness (QED) is 0.619. The number of methoxy groups -OCH3 is 1. The van der Waals surface area contributed by atoms with Crippen LogP contribution < -0.4 is 15.4 Å². The van der Waals surface area contributed by atoms with E-state index in [1.54, 1.807) is 19.2 Å². The number of carboxylic acid groups (broad SMARTS) is 1. The van der Waals surface area contributed by atoms with E-state index in [4.69, 9.17) is 9.84 Å². The third kappa shape index (κ3) is 4.09. The Morgan fingerprint density at radius 3 is 2.70 bits per heavy atom. The fourth-order valence-electron chi connectivity index (χ4n) is 1.30. The number of amides is 2. The molecule has 0 aliphatic heterocycles. The number of carbonyl (C=O) groups is 2. The molecule has 1 rings (SSSR count). The number of ether oxygens (including phenoxy) is 1. The standard InChI is InChI=1S/C12H17N3O5/c1-7-4-8(9(20-3)13-5-7)15-11(18)14-6-12(2,19)10(16)17/h4-5,19H,6H2,1-3H3,(H,16,17)(H2,14,15,18). The molecule has 0 saturated heterocycles. The Labute approximate surface area is 115 Å². The lowest BCUT2D eigenvalue weighted by molar-refractivity contribution is -0.155. The van der Waals surface area contributed by atoms with Crippen LogP contribution in [0.3, 0.4) is 0 Å². The van der Waals surface area contributed by atoms with Crippen LogP contribution in [0.15, 0.2) is 12.3 Å². The normalized spacial score (nSPS) is 13.2. The Balaban J connectivity index is 2.68. The molecule has 2 amide bonds. The first-order valence-corrected chi connectivity index (χ1v) is 5.77. The zero-order valence-electron chi connectivity index (χ0n) is 11.4. The van der Waals surface area contributed by atoms with E-state index in [2.05, 4.69) is 15.6 Å². The molecule has 1 heterocycles. The van der Waals surface area contributed by atoms with E-state index in [-0.39, 0.29) is 5.88 Å². The second-order valence-electron chi connectivity index (χ2n) is 4.46. The van der Waals surface area contributed by atoms with Gasteiger partial charge in [-0.25, -0.2) is 14.6 Å². The number of aliphatic hydroxyl groups is 1. The number of rotatable bonds is 5. The van der Waals surface area contributed by atoms with Gasteiger partial charge < -0.3 is 25.6 Å². The number of pyridine rings is 1. The molecular weight excluding hydrogens is 266 g/mol. The van der Waals surface area contributed by atoms with E-state index in [0.717, 1.165) is 12.5 Å². The molecule has 0 aliphatic carbocycles. The van der Waals surface area contributed by atoms with E-state index >= 15 is 0 Å². The Morgan fingerprint density at radius 1 is 1.50 bits per heavy atom. The highest BCUT2D eigenvalue weighted by atomic mass is 16.5. The monoisotopic (exact) mass is 283 g/mol. The van der Waals surface area contributed by atoms with Crippen molar-refractivity contribution < 1.29 is 24.5 Å². The molecule has 4 N–H and O–H groups in total. The predicted octanol–water partition coefficient (Wildman–Crippen LogP) is 0.356. The molecule has 0 bridgehead atoms. The number of nitrogens with zero attached hydrogens (tertiary/aromatic N) is 1. The minimum absolute atomic E-state index is 0.232. The van der Waals surface area contributed by atoms with Crippen LogP contribution in [0, 0.1) is 6.92 Å². The third-order valence-corrected chi connectivity index (χ3v) is 2.48. The number of aryl methyl sites for hydroxylation is 1. The molecule has 8 nitrogen and oxygen atoms in total. The van der Waals surface area contributed by atoms with Gasteiger partial charge in [-0.05, 0) is 25.5 Å². The highest BCUT2D eigenvalue weighted by molar-refractivity contribution is 5.91. The summed E-state index contributed by atoms with van der Waals surface area (Å²) in [5.74, 6) is -1.19. The van der Waals surface area contributed by atoms with Crippen LogP contribution in [-0.2, 0) is 4.79 Å². The van der Waals surface area contributed by atoms with Crippen molar-refractivity contribution >= 4 is 17.7 Å². The van der Waals surface area contributed by atoms with Crippen molar-refractivity contribution in [3.8, 4) is 5.88 Å². The summed E-state index contributed by atoms with van der Waals surface area (Å²) in [4.78, 5) is 26.3. The van der Waals surface area contributed by atoms with Crippen LogP contribution in [0.1, 0.15) is 12.5 Å². The summed E-state index contributed by atoms with van der Waals surface area (Å²) >= 11 is 0. The molecule has 0 radical (unpaired) electrons. The van der Waals surface area contributed by atoms with Gasteiger partial charge in [-0.15, -0.1) is 0 Å². The Morgan fingerprint density at radius 2 is 2.15 bits per heavy atom. The molecule has 20 heavy (non-hydrogen) atoms. The summed E-state index contributed by atoms with van der Waals surface area (Å²) in [6.07, 6.45) is 1.58. The van der Waals surface area contributed by atoms with Gasteiger partial charge in [-0.3, -0.25) is 0 Å². The van der Waals surface area contributed by atoms with E-state index in [0.29, 0.717) is 5.69 Å². The van der Waals surface area contributed by atoms with Crippen LogP contribution in [0.5, 0.6) is 5.88 Å². The first-order valence-electron chi connectivity index (χ1n) is 5.77. The molecule has 8 heteroatoms. The Bertz CT molecular complexity index is 516. The number of hydrogen-bond acceptors (Lipinski definition) is 5. The van der Waals surface area contributed by atoms with E-state index in [9.17, 15) is 14.7 Å². The number of anilines is 1. The molecule has 0 aromatic carbocycles. The second-order valence-corrected chi connectivity index (χ2v) is 4.46. The lowest BCUT2D eigenvalue weighted by atomic mass is 10.1. The van der Waals surface area contributed by atoms with Gasteiger partial charge in [0, 0.05) is 6.20 Å². The Hall–Kier alpha value is -2.35. The van der Waals surface area contributed by atoms with E-state index in [1.807, 2.05) is 0 Å². The lowest BCUT2D eigenvalue weighted by Crippen LogP contribution is -2.47. The van der Waals surface area contributed by atoms with Crippen LogP contribution in [0.4, 0.5) is 10.5 Å². The van der Waals surface area contributed by atoms with Gasteiger partial charge in [0.05, 0.1) is 13.7 Å². The zero-order chi connectivity index (χ0) is 15.3. The smallest absolute Gasteiger partial charge is 0.337 e. The lowest BCUT2D eigenvalue weighted by Gasteiger charge is -2.18. The average molecular weight is 283 g/mol. The zero-order valence-corrected chi connectivity index (χ0v) is 11.4. The number of carbonyl (C=O) groups excluding carboxylic acids is 1. The van der Waals surface area contributed by atoms with Gasteiger partial charge in [0.15, 0.2) is 5.60 Å². The molecule has 1 atom stereocenters. The molecular formula is C12H17N3O5. The summed E-state index contributed by atoms with van der Waals surface area (Å²) in [6, 6.07) is 0.984. The SMILES string of the molecule is COc1ncc(C)cc1NC(=O)NCC(C)(O)C(=O)O. The summed E-state index contributed by atoms with van der Waals surface area (Å²) in [5, 5.41) is 22.9. The van der Waals surface area contributed by atoms with Gasteiger partial charge in [-0.1, -0.05) is 0 Å². The fraction of sp³-hybridized carbons (Fsp3) is 0.417. The van der Waals surface area contributed by atoms with Crippen molar-refractivity contribution in [3.63, 3.8) is 0 Å². The van der Waals surface area contributed by atoms with Gasteiger partial charge in [0.2, 0.25) is 5.88 Å². The number of carboxylic acids is 1. The molecule has 0 saturated carbocycles.